The highest BCUT2D eigenvalue weighted by molar-refractivity contribution is 7.61. The second-order valence-corrected chi connectivity index (χ2v) is 5.63. The summed E-state index contributed by atoms with van der Waals surface area (Å²) in [6.07, 6.45) is 2.92. The summed E-state index contributed by atoms with van der Waals surface area (Å²) in [5.74, 6) is 0. The van der Waals surface area contributed by atoms with Gasteiger partial charge in [0, 0.05) is 0 Å². The van der Waals surface area contributed by atoms with Crippen molar-refractivity contribution in [2.24, 2.45) is 0 Å². The minimum Gasteiger partial charge on any atom is -0.321 e. The Morgan fingerprint density at radius 3 is 2.62 bits per heavy atom. The predicted octanol–water partition coefficient (Wildman–Crippen LogP) is 3.01. The van der Waals surface area contributed by atoms with Crippen molar-refractivity contribution in [2.45, 2.75) is 33.1 Å². The van der Waals surface area contributed by atoms with Crippen LogP contribution >= 0.6 is 7.60 Å². The van der Waals surface area contributed by atoms with E-state index in [2.05, 4.69) is 6.92 Å². The number of unbranched alkanes of at least 4 members (excludes halogenated alkanes) is 2. The van der Waals surface area contributed by atoms with E-state index >= 15 is 0 Å². The normalized spacial score (nSPS) is 14.7. The first-order valence-corrected chi connectivity index (χ1v) is 7.19. The summed E-state index contributed by atoms with van der Waals surface area (Å²) in [5, 5.41) is 0.409. The quantitative estimate of drug-likeness (QED) is 0.616. The van der Waals surface area contributed by atoms with Crippen LogP contribution in [0, 0.1) is 6.92 Å². The molecular weight excluding hydrogens is 223 g/mol. The zero-order chi connectivity index (χ0) is 12.0. The molecule has 90 valence electrons. The van der Waals surface area contributed by atoms with E-state index in [9.17, 15) is 9.46 Å². The fraction of sp³-hybridized carbons (Fsp3) is 0.500. The minimum absolute atomic E-state index is 0.343. The van der Waals surface area contributed by atoms with Crippen LogP contribution in [0.1, 0.15) is 31.7 Å². The van der Waals surface area contributed by atoms with Crippen molar-refractivity contribution in [1.29, 1.82) is 0 Å². The maximum absolute atomic E-state index is 11.9. The first-order chi connectivity index (χ1) is 7.58. The molecule has 1 aromatic rings. The molecule has 0 aliphatic carbocycles. The smallest absolute Gasteiger partial charge is 0.321 e. The summed E-state index contributed by atoms with van der Waals surface area (Å²) in [4.78, 5) is 9.80. The lowest BCUT2D eigenvalue weighted by Gasteiger charge is -2.14. The molecule has 0 saturated heterocycles. The zero-order valence-electron chi connectivity index (χ0n) is 9.85. The molecule has 1 rings (SSSR count). The molecule has 0 fully saturated rings. The predicted molar refractivity (Wildman–Crippen MR) is 66.1 cm³/mol. The van der Waals surface area contributed by atoms with Gasteiger partial charge in [-0.1, -0.05) is 38.0 Å². The molecule has 16 heavy (non-hydrogen) atoms. The lowest BCUT2D eigenvalue weighted by molar-refractivity contribution is 0.262. The van der Waals surface area contributed by atoms with Gasteiger partial charge >= 0.3 is 7.60 Å². The number of benzene rings is 1. The number of rotatable bonds is 6. The Bertz CT molecular complexity index is 376. The summed E-state index contributed by atoms with van der Waals surface area (Å²) in [6.45, 7) is 4.24. The number of hydrogen-bond donors (Lipinski definition) is 1. The van der Waals surface area contributed by atoms with Crippen LogP contribution in [0.15, 0.2) is 24.3 Å². The maximum atomic E-state index is 11.9. The minimum atomic E-state index is -3.62. The van der Waals surface area contributed by atoms with Gasteiger partial charge in [-0.15, -0.1) is 0 Å². The van der Waals surface area contributed by atoms with Gasteiger partial charge in [0.25, 0.3) is 0 Å². The van der Waals surface area contributed by atoms with Gasteiger partial charge in [0.2, 0.25) is 0 Å². The highest BCUT2D eigenvalue weighted by atomic mass is 31.2. The van der Waals surface area contributed by atoms with E-state index in [1.807, 2.05) is 19.1 Å². The number of aryl methyl sites for hydroxylation is 1. The summed E-state index contributed by atoms with van der Waals surface area (Å²) in [6, 6.07) is 7.06. The van der Waals surface area contributed by atoms with E-state index in [0.29, 0.717) is 11.9 Å². The monoisotopic (exact) mass is 242 g/mol. The Morgan fingerprint density at radius 1 is 1.31 bits per heavy atom. The van der Waals surface area contributed by atoms with E-state index in [-0.39, 0.29) is 0 Å². The Morgan fingerprint density at radius 2 is 2.00 bits per heavy atom. The molecule has 0 bridgehead atoms. The Kier molecular flexibility index (Phi) is 5.20. The van der Waals surface area contributed by atoms with E-state index in [4.69, 9.17) is 4.52 Å². The molecule has 0 aliphatic rings. The van der Waals surface area contributed by atoms with Gasteiger partial charge in [0.05, 0.1) is 11.9 Å². The third kappa shape index (κ3) is 3.75. The Hall–Kier alpha value is -0.630. The molecule has 0 radical (unpaired) electrons. The highest BCUT2D eigenvalue weighted by Gasteiger charge is 2.23. The Labute approximate surface area is 97.0 Å². The SMILES string of the molecule is CCCCCOP(=O)(O)c1ccccc1C. The van der Waals surface area contributed by atoms with Crippen LogP contribution in [0.3, 0.4) is 0 Å². The molecule has 0 saturated carbocycles. The average molecular weight is 242 g/mol. The van der Waals surface area contributed by atoms with Crippen molar-refractivity contribution in [1.82, 2.24) is 0 Å². The summed E-state index contributed by atoms with van der Waals surface area (Å²) < 4.78 is 17.0. The van der Waals surface area contributed by atoms with Gasteiger partial charge in [-0.2, -0.15) is 0 Å². The van der Waals surface area contributed by atoms with Crippen LogP contribution in [0.5, 0.6) is 0 Å². The third-order valence-corrected chi connectivity index (χ3v) is 4.08. The molecule has 1 unspecified atom stereocenters. The summed E-state index contributed by atoms with van der Waals surface area (Å²) >= 11 is 0. The summed E-state index contributed by atoms with van der Waals surface area (Å²) in [7, 11) is -3.62. The lowest BCUT2D eigenvalue weighted by Crippen LogP contribution is -2.10. The molecule has 0 amide bonds. The van der Waals surface area contributed by atoms with E-state index in [1.54, 1.807) is 12.1 Å². The van der Waals surface area contributed by atoms with Crippen LogP contribution in [-0.4, -0.2) is 11.5 Å². The highest BCUT2D eigenvalue weighted by Crippen LogP contribution is 2.41. The fourth-order valence-electron chi connectivity index (χ4n) is 1.49. The van der Waals surface area contributed by atoms with E-state index in [0.717, 1.165) is 24.8 Å². The molecule has 0 spiro atoms. The van der Waals surface area contributed by atoms with Crippen molar-refractivity contribution in [3.8, 4) is 0 Å². The van der Waals surface area contributed by atoms with Crippen LogP contribution in [0.4, 0.5) is 0 Å². The number of hydrogen-bond acceptors (Lipinski definition) is 2. The molecule has 1 atom stereocenters. The van der Waals surface area contributed by atoms with Crippen molar-refractivity contribution in [3.05, 3.63) is 29.8 Å². The van der Waals surface area contributed by atoms with Crippen LogP contribution in [-0.2, 0) is 9.09 Å². The molecule has 4 heteroatoms. The molecule has 0 aromatic heterocycles. The molecular formula is C12H19O3P. The fourth-order valence-corrected chi connectivity index (χ4v) is 2.80. The van der Waals surface area contributed by atoms with E-state index in [1.165, 1.54) is 0 Å². The largest absolute Gasteiger partial charge is 0.359 e. The summed E-state index contributed by atoms with van der Waals surface area (Å²) in [5.41, 5.74) is 0.795. The molecule has 1 aromatic carbocycles. The third-order valence-electron chi connectivity index (χ3n) is 2.43. The Balaban J connectivity index is 2.64. The molecule has 0 aliphatic heterocycles. The van der Waals surface area contributed by atoms with Crippen LogP contribution in [0.25, 0.3) is 0 Å². The first kappa shape index (κ1) is 13.4. The first-order valence-electron chi connectivity index (χ1n) is 5.61. The molecule has 1 N–H and O–H groups in total. The van der Waals surface area contributed by atoms with Gasteiger partial charge in [-0.05, 0) is 25.0 Å². The van der Waals surface area contributed by atoms with E-state index < -0.39 is 7.60 Å². The van der Waals surface area contributed by atoms with Crippen molar-refractivity contribution < 1.29 is 14.0 Å². The van der Waals surface area contributed by atoms with Gasteiger partial charge in [0.15, 0.2) is 0 Å². The molecule has 3 nitrogen and oxygen atoms in total. The van der Waals surface area contributed by atoms with Crippen LogP contribution in [0.2, 0.25) is 0 Å². The van der Waals surface area contributed by atoms with Crippen molar-refractivity contribution >= 4 is 12.9 Å². The zero-order valence-corrected chi connectivity index (χ0v) is 10.7. The topological polar surface area (TPSA) is 46.5 Å². The van der Waals surface area contributed by atoms with Gasteiger partial charge in [-0.3, -0.25) is 4.57 Å². The van der Waals surface area contributed by atoms with Gasteiger partial charge < -0.3 is 9.42 Å². The van der Waals surface area contributed by atoms with Gasteiger partial charge in [-0.25, -0.2) is 0 Å². The van der Waals surface area contributed by atoms with Crippen molar-refractivity contribution in [2.75, 3.05) is 6.61 Å². The average Bonchev–Trinajstić information content (AvgIpc) is 2.25. The lowest BCUT2D eigenvalue weighted by atomic mass is 10.2. The molecule has 0 heterocycles. The second kappa shape index (κ2) is 6.19. The van der Waals surface area contributed by atoms with Crippen molar-refractivity contribution in [3.63, 3.8) is 0 Å². The van der Waals surface area contributed by atoms with Crippen LogP contribution < -0.4 is 5.30 Å². The standard InChI is InChI=1S/C12H19O3P/c1-3-4-7-10-15-16(13,14)12-9-6-5-8-11(12)2/h5-6,8-9H,3-4,7,10H2,1-2H3,(H,13,14). The second-order valence-electron chi connectivity index (χ2n) is 3.85. The van der Waals surface area contributed by atoms with Gasteiger partial charge in [0.1, 0.15) is 0 Å². The maximum Gasteiger partial charge on any atom is 0.359 e.